The number of aliphatic hydroxyl groups is 1. The van der Waals surface area contributed by atoms with Crippen molar-refractivity contribution in [3.8, 4) is 0 Å². The van der Waals surface area contributed by atoms with Gasteiger partial charge in [-0.25, -0.2) is 0 Å². The Morgan fingerprint density at radius 3 is 2.77 bits per heavy atom. The number of aliphatic hydroxyl groups excluding tert-OH is 1. The van der Waals surface area contributed by atoms with Gasteiger partial charge < -0.3 is 10.3 Å². The number of aromatic nitrogens is 2. The highest BCUT2D eigenvalue weighted by Crippen LogP contribution is 2.31. The van der Waals surface area contributed by atoms with E-state index in [1.807, 2.05) is 5.48 Å². The second-order valence-electron chi connectivity index (χ2n) is 8.61. The predicted octanol–water partition coefficient (Wildman–Crippen LogP) is 2.37. The third-order valence-corrected chi connectivity index (χ3v) is 6.33. The topological polar surface area (TPSA) is 97.9 Å². The molecule has 8 heteroatoms. The third-order valence-electron chi connectivity index (χ3n) is 6.33. The van der Waals surface area contributed by atoms with E-state index in [2.05, 4.69) is 48.5 Å². The second kappa shape index (κ2) is 9.53. The van der Waals surface area contributed by atoms with Gasteiger partial charge in [0.1, 0.15) is 6.23 Å². The quantitative estimate of drug-likeness (QED) is 0.391. The van der Waals surface area contributed by atoms with Crippen LogP contribution in [-0.2, 0) is 6.54 Å². The van der Waals surface area contributed by atoms with Crippen molar-refractivity contribution < 1.29 is 10.3 Å². The Kier molecular flexibility index (Phi) is 6.80. The molecule has 0 bridgehead atoms. The van der Waals surface area contributed by atoms with Crippen molar-refractivity contribution in [3.05, 3.63) is 29.5 Å². The first kappa shape index (κ1) is 21.4. The predicted molar refractivity (Wildman–Crippen MR) is 118 cm³/mol. The Labute approximate surface area is 177 Å². The van der Waals surface area contributed by atoms with Crippen LogP contribution in [0.2, 0.25) is 0 Å². The standard InChI is InChI=1S/C22H34N6O2/c1-3-6-15(2)21-18-11-16(7-8-19(18)28(25-21)14-20(29)26-30)17-12-23-22(24-13-17)27-9-4-5-10-27/h7-8,11-12,15,17,20,22,24,26,29-30H,3-6,9-10,13-14H2,1-2H3/t15-,17?,20?,22?/m0/s1. The monoisotopic (exact) mass is 414 g/mol. The summed E-state index contributed by atoms with van der Waals surface area (Å²) in [4.78, 5) is 7.20. The molecule has 8 nitrogen and oxygen atoms in total. The fraction of sp³-hybridized carbons (Fsp3) is 0.636. The van der Waals surface area contributed by atoms with Crippen LogP contribution in [0.25, 0.3) is 10.9 Å². The van der Waals surface area contributed by atoms with E-state index in [1.165, 1.54) is 18.4 Å². The van der Waals surface area contributed by atoms with Gasteiger partial charge in [0.2, 0.25) is 0 Å². The number of hydrogen-bond acceptors (Lipinski definition) is 7. The highest BCUT2D eigenvalue weighted by atomic mass is 16.5. The molecule has 1 fully saturated rings. The molecule has 3 heterocycles. The summed E-state index contributed by atoms with van der Waals surface area (Å²) in [6.07, 6.45) is 5.82. The van der Waals surface area contributed by atoms with Gasteiger partial charge in [-0.15, -0.1) is 0 Å². The van der Waals surface area contributed by atoms with Crippen LogP contribution < -0.4 is 10.8 Å². The molecule has 1 aromatic carbocycles. The van der Waals surface area contributed by atoms with E-state index in [4.69, 9.17) is 15.3 Å². The van der Waals surface area contributed by atoms with E-state index in [0.29, 0.717) is 5.92 Å². The van der Waals surface area contributed by atoms with Gasteiger partial charge in [0.05, 0.1) is 17.8 Å². The highest BCUT2D eigenvalue weighted by molar-refractivity contribution is 5.85. The van der Waals surface area contributed by atoms with E-state index in [-0.39, 0.29) is 18.8 Å². The summed E-state index contributed by atoms with van der Waals surface area (Å²) < 4.78 is 1.78. The van der Waals surface area contributed by atoms with E-state index in [1.54, 1.807) is 4.68 Å². The van der Waals surface area contributed by atoms with Crippen molar-refractivity contribution in [2.24, 2.45) is 4.99 Å². The number of nitrogens with one attached hydrogen (secondary N) is 2. The molecular formula is C22H34N6O2. The summed E-state index contributed by atoms with van der Waals surface area (Å²) in [7, 11) is 0. The van der Waals surface area contributed by atoms with Gasteiger partial charge in [-0.05, 0) is 37.0 Å². The smallest absolute Gasteiger partial charge is 0.155 e. The fourth-order valence-electron chi connectivity index (χ4n) is 4.67. The molecule has 4 N–H and O–H groups in total. The highest BCUT2D eigenvalue weighted by Gasteiger charge is 2.26. The Morgan fingerprint density at radius 2 is 2.10 bits per heavy atom. The molecule has 0 amide bonds. The van der Waals surface area contributed by atoms with Crippen LogP contribution >= 0.6 is 0 Å². The van der Waals surface area contributed by atoms with Crippen LogP contribution in [0.15, 0.2) is 23.2 Å². The largest absolute Gasteiger partial charge is 0.375 e. The Hall–Kier alpha value is -1.84. The molecule has 4 rings (SSSR count). The lowest BCUT2D eigenvalue weighted by atomic mass is 9.94. The number of likely N-dealkylation sites (tertiary alicyclic amines) is 1. The summed E-state index contributed by atoms with van der Waals surface area (Å²) in [5.41, 5.74) is 5.15. The van der Waals surface area contributed by atoms with Crippen molar-refractivity contribution >= 4 is 17.1 Å². The van der Waals surface area contributed by atoms with E-state index in [9.17, 15) is 5.11 Å². The van der Waals surface area contributed by atoms with Gasteiger partial charge in [0, 0.05) is 43.1 Å². The first-order valence-corrected chi connectivity index (χ1v) is 11.2. The van der Waals surface area contributed by atoms with Crippen molar-refractivity contribution in [2.45, 2.75) is 70.4 Å². The SMILES string of the molecule is CCC[C@H](C)c1nn(CC(O)NO)c2ccc(C3C=NC(N4CCCC4)NC3)cc12. The molecule has 4 atom stereocenters. The lowest BCUT2D eigenvalue weighted by Crippen LogP contribution is -2.47. The molecule has 164 valence electrons. The lowest BCUT2D eigenvalue weighted by molar-refractivity contribution is -0.00889. The number of aliphatic imine (C=N–C) groups is 1. The average molecular weight is 415 g/mol. The summed E-state index contributed by atoms with van der Waals surface area (Å²) in [5, 5.41) is 28.4. The Bertz CT molecular complexity index is 876. The minimum Gasteiger partial charge on any atom is -0.375 e. The number of rotatable bonds is 8. The van der Waals surface area contributed by atoms with Crippen LogP contribution in [0.3, 0.4) is 0 Å². The maximum Gasteiger partial charge on any atom is 0.155 e. The van der Waals surface area contributed by atoms with Crippen molar-refractivity contribution in [1.82, 2.24) is 25.5 Å². The van der Waals surface area contributed by atoms with Gasteiger partial charge in [-0.2, -0.15) is 10.6 Å². The van der Waals surface area contributed by atoms with Crippen molar-refractivity contribution in [2.75, 3.05) is 19.6 Å². The van der Waals surface area contributed by atoms with Gasteiger partial charge in [0.15, 0.2) is 6.29 Å². The zero-order valence-corrected chi connectivity index (χ0v) is 18.0. The number of hydroxylamine groups is 1. The molecular weight excluding hydrogens is 380 g/mol. The minimum atomic E-state index is -1.06. The van der Waals surface area contributed by atoms with Crippen LogP contribution in [0.1, 0.15) is 62.6 Å². The van der Waals surface area contributed by atoms with E-state index in [0.717, 1.165) is 49.1 Å². The molecule has 2 aromatic rings. The molecule has 3 unspecified atom stereocenters. The zero-order chi connectivity index (χ0) is 21.1. The van der Waals surface area contributed by atoms with Gasteiger partial charge in [0.25, 0.3) is 0 Å². The molecule has 0 aliphatic carbocycles. The fourth-order valence-corrected chi connectivity index (χ4v) is 4.67. The van der Waals surface area contributed by atoms with Crippen molar-refractivity contribution in [1.29, 1.82) is 0 Å². The minimum absolute atomic E-state index is 0.114. The first-order chi connectivity index (χ1) is 14.6. The van der Waals surface area contributed by atoms with Crippen LogP contribution in [0, 0.1) is 0 Å². The van der Waals surface area contributed by atoms with Crippen molar-refractivity contribution in [3.63, 3.8) is 0 Å². The summed E-state index contributed by atoms with van der Waals surface area (Å²) in [6.45, 7) is 7.69. The molecule has 2 aliphatic heterocycles. The number of benzene rings is 1. The van der Waals surface area contributed by atoms with Crippen LogP contribution in [0.4, 0.5) is 0 Å². The van der Waals surface area contributed by atoms with Gasteiger partial charge in [-0.1, -0.05) is 26.3 Å². The van der Waals surface area contributed by atoms with Crippen LogP contribution in [-0.4, -0.2) is 63.4 Å². The Balaban J connectivity index is 1.62. The molecule has 1 saturated heterocycles. The normalized spacial score (nSPS) is 24.5. The summed E-state index contributed by atoms with van der Waals surface area (Å²) >= 11 is 0. The zero-order valence-electron chi connectivity index (χ0n) is 18.0. The van der Waals surface area contributed by atoms with E-state index < -0.39 is 6.23 Å². The molecule has 0 spiro atoms. The summed E-state index contributed by atoms with van der Waals surface area (Å²) in [6, 6.07) is 6.43. The number of nitrogens with zero attached hydrogens (tertiary/aromatic N) is 4. The molecule has 2 aliphatic rings. The molecule has 0 saturated carbocycles. The van der Waals surface area contributed by atoms with Crippen LogP contribution in [0.5, 0.6) is 0 Å². The maximum atomic E-state index is 9.84. The maximum absolute atomic E-state index is 9.84. The number of fused-ring (bicyclic) bond motifs is 1. The first-order valence-electron chi connectivity index (χ1n) is 11.2. The molecule has 0 radical (unpaired) electrons. The Morgan fingerprint density at radius 1 is 1.30 bits per heavy atom. The van der Waals surface area contributed by atoms with Gasteiger partial charge >= 0.3 is 0 Å². The van der Waals surface area contributed by atoms with E-state index >= 15 is 0 Å². The molecule has 30 heavy (non-hydrogen) atoms. The summed E-state index contributed by atoms with van der Waals surface area (Å²) in [5.74, 6) is 0.557. The third kappa shape index (κ3) is 4.43. The lowest BCUT2D eigenvalue weighted by Gasteiger charge is -2.30. The second-order valence-corrected chi connectivity index (χ2v) is 8.61. The van der Waals surface area contributed by atoms with Gasteiger partial charge in [-0.3, -0.25) is 19.9 Å². The molecule has 1 aromatic heterocycles. The average Bonchev–Trinajstić information content (AvgIpc) is 3.42. The number of hydrogen-bond donors (Lipinski definition) is 4.